The average molecular weight is 305 g/mol. The fraction of sp³-hybridized carbons (Fsp3) is 0.500. The second-order valence-electron chi connectivity index (χ2n) is 5.84. The number of benzene rings is 1. The highest BCUT2D eigenvalue weighted by Crippen LogP contribution is 2.29. The SMILES string of the molecule is CC(C)Sc1ccc(CC(=O)N2CC3CC2C(=O)O3)cc1. The molecule has 1 aromatic rings. The van der Waals surface area contributed by atoms with E-state index in [0.29, 0.717) is 24.6 Å². The number of esters is 1. The summed E-state index contributed by atoms with van der Waals surface area (Å²) in [5, 5.41) is 0.545. The van der Waals surface area contributed by atoms with Gasteiger partial charge in [0, 0.05) is 16.6 Å². The summed E-state index contributed by atoms with van der Waals surface area (Å²) in [6.07, 6.45) is 0.925. The number of ether oxygens (including phenoxy) is 1. The van der Waals surface area contributed by atoms with Crippen molar-refractivity contribution >= 4 is 23.6 Å². The average Bonchev–Trinajstić information content (AvgIpc) is 2.99. The minimum atomic E-state index is -0.349. The maximum atomic E-state index is 12.3. The van der Waals surface area contributed by atoms with E-state index in [0.717, 1.165) is 5.56 Å². The van der Waals surface area contributed by atoms with Gasteiger partial charge in [-0.1, -0.05) is 26.0 Å². The Morgan fingerprint density at radius 3 is 2.67 bits per heavy atom. The summed E-state index contributed by atoms with van der Waals surface area (Å²) in [7, 11) is 0. The lowest BCUT2D eigenvalue weighted by atomic mass is 10.1. The molecule has 1 aromatic carbocycles. The van der Waals surface area contributed by atoms with Gasteiger partial charge in [0.2, 0.25) is 5.91 Å². The molecule has 2 unspecified atom stereocenters. The molecule has 2 fully saturated rings. The molecule has 0 aromatic heterocycles. The predicted molar refractivity (Wildman–Crippen MR) is 81.1 cm³/mol. The minimum Gasteiger partial charge on any atom is -0.459 e. The number of likely N-dealkylation sites (tertiary alicyclic amines) is 1. The zero-order valence-corrected chi connectivity index (χ0v) is 13.1. The third kappa shape index (κ3) is 3.07. The van der Waals surface area contributed by atoms with Crippen LogP contribution in [0.4, 0.5) is 0 Å². The third-order valence-corrected chi connectivity index (χ3v) is 4.80. The number of hydrogen-bond donors (Lipinski definition) is 0. The molecule has 0 aliphatic carbocycles. The van der Waals surface area contributed by atoms with E-state index < -0.39 is 0 Å². The standard InChI is InChI=1S/C16H19NO3S/c1-10(2)21-13-5-3-11(4-6-13)7-15(18)17-9-12-8-14(17)16(19)20-12/h3-6,10,12,14H,7-9H2,1-2H3. The van der Waals surface area contributed by atoms with E-state index >= 15 is 0 Å². The first-order valence-corrected chi connectivity index (χ1v) is 8.16. The van der Waals surface area contributed by atoms with E-state index in [-0.39, 0.29) is 24.0 Å². The van der Waals surface area contributed by atoms with Gasteiger partial charge in [0.25, 0.3) is 0 Å². The zero-order chi connectivity index (χ0) is 15.0. The van der Waals surface area contributed by atoms with E-state index in [9.17, 15) is 9.59 Å². The monoisotopic (exact) mass is 305 g/mol. The highest BCUT2D eigenvalue weighted by molar-refractivity contribution is 7.99. The quantitative estimate of drug-likeness (QED) is 0.632. The van der Waals surface area contributed by atoms with Gasteiger partial charge in [0.05, 0.1) is 13.0 Å². The number of thioether (sulfide) groups is 1. The van der Waals surface area contributed by atoms with Gasteiger partial charge in [-0.05, 0) is 17.7 Å². The van der Waals surface area contributed by atoms with Gasteiger partial charge in [-0.25, -0.2) is 4.79 Å². The van der Waals surface area contributed by atoms with Gasteiger partial charge in [0.1, 0.15) is 12.1 Å². The van der Waals surface area contributed by atoms with Crippen LogP contribution in [0, 0.1) is 0 Å². The van der Waals surface area contributed by atoms with Gasteiger partial charge < -0.3 is 9.64 Å². The molecule has 21 heavy (non-hydrogen) atoms. The van der Waals surface area contributed by atoms with E-state index in [1.54, 1.807) is 16.7 Å². The molecule has 5 heteroatoms. The van der Waals surface area contributed by atoms with Crippen molar-refractivity contribution in [1.29, 1.82) is 0 Å². The van der Waals surface area contributed by atoms with Crippen molar-refractivity contribution in [2.45, 2.75) is 49.0 Å². The number of rotatable bonds is 4. The van der Waals surface area contributed by atoms with Crippen LogP contribution in [-0.4, -0.2) is 40.7 Å². The molecule has 0 spiro atoms. The molecule has 2 atom stereocenters. The fourth-order valence-corrected chi connectivity index (χ4v) is 3.70. The molecule has 3 rings (SSSR count). The van der Waals surface area contributed by atoms with E-state index in [4.69, 9.17) is 4.74 Å². The van der Waals surface area contributed by atoms with Gasteiger partial charge in [0.15, 0.2) is 0 Å². The number of fused-ring (bicyclic) bond motifs is 2. The van der Waals surface area contributed by atoms with E-state index in [2.05, 4.69) is 26.0 Å². The number of nitrogens with zero attached hydrogens (tertiary/aromatic N) is 1. The molecule has 0 N–H and O–H groups in total. The first-order chi connectivity index (χ1) is 10.0. The van der Waals surface area contributed by atoms with Crippen LogP contribution in [0.25, 0.3) is 0 Å². The smallest absolute Gasteiger partial charge is 0.329 e. The summed E-state index contributed by atoms with van der Waals surface area (Å²) in [5.41, 5.74) is 0.990. The maximum Gasteiger partial charge on any atom is 0.329 e. The van der Waals surface area contributed by atoms with Crippen LogP contribution in [0.5, 0.6) is 0 Å². The molecule has 2 aliphatic heterocycles. The minimum absolute atomic E-state index is 0.0170. The van der Waals surface area contributed by atoms with Crippen LogP contribution < -0.4 is 0 Å². The topological polar surface area (TPSA) is 46.6 Å². The Kier molecular flexibility index (Phi) is 3.93. The third-order valence-electron chi connectivity index (χ3n) is 3.79. The Morgan fingerprint density at radius 1 is 1.38 bits per heavy atom. The van der Waals surface area contributed by atoms with Crippen LogP contribution in [0.15, 0.2) is 29.2 Å². The lowest BCUT2D eigenvalue weighted by Gasteiger charge is -2.25. The summed E-state index contributed by atoms with van der Waals surface area (Å²) in [5.74, 6) is -0.230. The van der Waals surface area contributed by atoms with Crippen LogP contribution in [0.2, 0.25) is 0 Å². The maximum absolute atomic E-state index is 12.3. The van der Waals surface area contributed by atoms with Crippen LogP contribution >= 0.6 is 11.8 Å². The highest BCUT2D eigenvalue weighted by atomic mass is 32.2. The lowest BCUT2D eigenvalue weighted by Crippen LogP contribution is -2.44. The lowest BCUT2D eigenvalue weighted by molar-refractivity contribution is -0.156. The largest absolute Gasteiger partial charge is 0.459 e. The first-order valence-electron chi connectivity index (χ1n) is 7.28. The zero-order valence-electron chi connectivity index (χ0n) is 12.2. The molecule has 2 bridgehead atoms. The highest BCUT2D eigenvalue weighted by Gasteiger charge is 2.48. The van der Waals surface area contributed by atoms with Gasteiger partial charge >= 0.3 is 5.97 Å². The number of carbonyl (C=O) groups is 2. The van der Waals surface area contributed by atoms with E-state index in [1.807, 2.05) is 12.1 Å². The van der Waals surface area contributed by atoms with Crippen molar-refractivity contribution in [3.05, 3.63) is 29.8 Å². The van der Waals surface area contributed by atoms with Crippen molar-refractivity contribution in [3.8, 4) is 0 Å². The summed E-state index contributed by atoms with van der Waals surface area (Å²) >= 11 is 1.80. The molecule has 0 radical (unpaired) electrons. The van der Waals surface area contributed by atoms with Crippen molar-refractivity contribution in [2.24, 2.45) is 0 Å². The number of morpholine rings is 1. The Balaban J connectivity index is 1.61. The molecule has 2 heterocycles. The normalized spacial score (nSPS) is 23.8. The molecule has 2 saturated heterocycles. The van der Waals surface area contributed by atoms with Crippen molar-refractivity contribution in [2.75, 3.05) is 6.54 Å². The van der Waals surface area contributed by atoms with Crippen LogP contribution in [0.3, 0.4) is 0 Å². The van der Waals surface area contributed by atoms with Gasteiger partial charge in [-0.2, -0.15) is 0 Å². The molecule has 2 aliphatic rings. The second-order valence-corrected chi connectivity index (χ2v) is 7.49. The number of hydrogen-bond acceptors (Lipinski definition) is 4. The number of amides is 1. The van der Waals surface area contributed by atoms with Gasteiger partial charge in [-0.3, -0.25) is 4.79 Å². The Bertz CT molecular complexity index is 555. The van der Waals surface area contributed by atoms with E-state index in [1.165, 1.54) is 4.90 Å². The Hall–Kier alpha value is -1.49. The Morgan fingerprint density at radius 2 is 2.10 bits per heavy atom. The molecular weight excluding hydrogens is 286 g/mol. The summed E-state index contributed by atoms with van der Waals surface area (Å²) < 4.78 is 5.11. The first kappa shape index (κ1) is 14.4. The number of carbonyl (C=O) groups excluding carboxylic acids is 2. The van der Waals surface area contributed by atoms with Gasteiger partial charge in [-0.15, -0.1) is 11.8 Å². The van der Waals surface area contributed by atoms with Crippen LogP contribution in [-0.2, 0) is 20.7 Å². The molecular formula is C16H19NO3S. The van der Waals surface area contributed by atoms with Crippen molar-refractivity contribution in [3.63, 3.8) is 0 Å². The van der Waals surface area contributed by atoms with Crippen LogP contribution in [0.1, 0.15) is 25.8 Å². The fourth-order valence-electron chi connectivity index (χ4n) is 2.86. The Labute approximate surface area is 128 Å². The summed E-state index contributed by atoms with van der Waals surface area (Å²) in [6, 6.07) is 7.75. The van der Waals surface area contributed by atoms with Crippen molar-refractivity contribution < 1.29 is 14.3 Å². The molecule has 1 amide bonds. The molecule has 112 valence electrons. The van der Waals surface area contributed by atoms with Crippen molar-refractivity contribution in [1.82, 2.24) is 4.90 Å². The summed E-state index contributed by atoms with van der Waals surface area (Å²) in [6.45, 7) is 4.86. The second kappa shape index (κ2) is 5.72. The molecule has 0 saturated carbocycles. The predicted octanol–water partition coefficient (Wildman–Crippen LogP) is 2.26. The molecule has 4 nitrogen and oxygen atoms in total. The summed E-state index contributed by atoms with van der Waals surface area (Å²) in [4.78, 5) is 26.7.